The lowest BCUT2D eigenvalue weighted by molar-refractivity contribution is -0.137. The molecular formula is C16H17F3N2O3S. The first-order valence-electron chi connectivity index (χ1n) is 7.30. The molecule has 5 nitrogen and oxygen atoms in total. The second-order valence-corrected chi connectivity index (χ2v) is 6.35. The molecule has 0 atom stereocenters. The Morgan fingerprint density at radius 3 is 2.56 bits per heavy atom. The van der Waals surface area contributed by atoms with E-state index in [4.69, 9.17) is 9.47 Å². The first-order chi connectivity index (χ1) is 11.7. The Bertz CT molecular complexity index is 760. The van der Waals surface area contributed by atoms with Crippen LogP contribution in [-0.4, -0.2) is 31.2 Å². The monoisotopic (exact) mass is 374 g/mol. The summed E-state index contributed by atoms with van der Waals surface area (Å²) in [5, 5.41) is 3.18. The quantitative estimate of drug-likeness (QED) is 0.775. The average molecular weight is 374 g/mol. The third kappa shape index (κ3) is 4.93. The zero-order valence-electron chi connectivity index (χ0n) is 13.9. The van der Waals surface area contributed by atoms with Gasteiger partial charge in [-0.3, -0.25) is 4.79 Å². The minimum atomic E-state index is -4.53. The zero-order valence-corrected chi connectivity index (χ0v) is 14.7. The van der Waals surface area contributed by atoms with Gasteiger partial charge in [0.25, 0.3) is 5.91 Å². The van der Waals surface area contributed by atoms with Crippen molar-refractivity contribution < 1.29 is 27.4 Å². The summed E-state index contributed by atoms with van der Waals surface area (Å²) >= 11 is 1.17. The maximum atomic E-state index is 13.0. The van der Waals surface area contributed by atoms with Gasteiger partial charge in [-0.1, -0.05) is 0 Å². The van der Waals surface area contributed by atoms with Crippen LogP contribution in [0.1, 0.15) is 25.9 Å². The van der Waals surface area contributed by atoms with Gasteiger partial charge >= 0.3 is 6.18 Å². The molecule has 0 spiro atoms. The van der Waals surface area contributed by atoms with Gasteiger partial charge in [0.05, 0.1) is 28.6 Å². The van der Waals surface area contributed by atoms with Crippen LogP contribution in [0.5, 0.6) is 5.75 Å². The number of carbonyl (C=O) groups excluding carboxylic acids is 1. The lowest BCUT2D eigenvalue weighted by Gasteiger charge is -2.15. The van der Waals surface area contributed by atoms with Crippen molar-refractivity contribution in [2.75, 3.05) is 25.6 Å². The molecule has 0 bridgehead atoms. The molecule has 0 saturated carbocycles. The van der Waals surface area contributed by atoms with E-state index in [-0.39, 0.29) is 24.7 Å². The van der Waals surface area contributed by atoms with Crippen LogP contribution in [0.3, 0.4) is 0 Å². The molecule has 25 heavy (non-hydrogen) atoms. The van der Waals surface area contributed by atoms with Crippen LogP contribution in [0, 0.1) is 13.8 Å². The van der Waals surface area contributed by atoms with E-state index in [0.717, 1.165) is 12.1 Å². The number of anilines is 1. The zero-order chi connectivity index (χ0) is 18.6. The second-order valence-electron chi connectivity index (χ2n) is 5.15. The van der Waals surface area contributed by atoms with E-state index in [1.54, 1.807) is 13.8 Å². The molecular weight excluding hydrogens is 357 g/mol. The highest BCUT2D eigenvalue weighted by molar-refractivity contribution is 7.13. The van der Waals surface area contributed by atoms with E-state index in [2.05, 4.69) is 10.3 Å². The van der Waals surface area contributed by atoms with Gasteiger partial charge in [0, 0.05) is 7.11 Å². The Morgan fingerprint density at radius 1 is 1.28 bits per heavy atom. The van der Waals surface area contributed by atoms with Crippen LogP contribution in [0.25, 0.3) is 0 Å². The molecule has 0 aliphatic carbocycles. The van der Waals surface area contributed by atoms with Gasteiger partial charge in [0.2, 0.25) is 0 Å². The van der Waals surface area contributed by atoms with Crippen molar-refractivity contribution in [2.24, 2.45) is 0 Å². The summed E-state index contributed by atoms with van der Waals surface area (Å²) < 4.78 is 49.1. The summed E-state index contributed by atoms with van der Waals surface area (Å²) in [5.41, 5.74) is -0.408. The molecule has 1 N–H and O–H groups in total. The summed E-state index contributed by atoms with van der Waals surface area (Å²) in [6, 6.07) is 2.93. The predicted molar refractivity (Wildman–Crippen MR) is 88.4 cm³/mol. The van der Waals surface area contributed by atoms with Gasteiger partial charge in [0.15, 0.2) is 0 Å². The molecule has 0 aliphatic rings. The molecule has 2 rings (SSSR count). The minimum Gasteiger partial charge on any atom is -0.489 e. The maximum Gasteiger partial charge on any atom is 0.416 e. The molecule has 0 unspecified atom stereocenters. The van der Waals surface area contributed by atoms with Gasteiger partial charge in [-0.15, -0.1) is 11.3 Å². The van der Waals surface area contributed by atoms with E-state index in [0.29, 0.717) is 15.6 Å². The molecule has 9 heteroatoms. The number of thiazole rings is 1. The fourth-order valence-corrected chi connectivity index (χ4v) is 2.90. The molecule has 1 aromatic carbocycles. The van der Waals surface area contributed by atoms with Crippen LogP contribution in [-0.2, 0) is 10.9 Å². The van der Waals surface area contributed by atoms with Crippen molar-refractivity contribution >= 4 is 22.9 Å². The number of hydrogen-bond donors (Lipinski definition) is 1. The molecule has 1 amide bonds. The molecule has 1 aromatic heterocycles. The number of rotatable bonds is 6. The van der Waals surface area contributed by atoms with Crippen molar-refractivity contribution in [1.82, 2.24) is 4.98 Å². The number of methoxy groups -OCH3 is 1. The summed E-state index contributed by atoms with van der Waals surface area (Å²) in [5.74, 6) is -0.392. The Hall–Kier alpha value is -2.13. The van der Waals surface area contributed by atoms with Crippen molar-refractivity contribution in [2.45, 2.75) is 20.0 Å². The first kappa shape index (κ1) is 19.2. The lowest BCUT2D eigenvalue weighted by Crippen LogP contribution is -2.15. The summed E-state index contributed by atoms with van der Waals surface area (Å²) in [7, 11) is 1.48. The molecule has 1 heterocycles. The molecule has 136 valence electrons. The standard InChI is InChI=1S/C16H17F3N2O3S/c1-9-14(25-10(2)20-9)15(22)21-12-8-11(16(17,18)19)4-5-13(12)24-7-6-23-3/h4-5,8H,6-7H2,1-3H3,(H,21,22). The van der Waals surface area contributed by atoms with Gasteiger partial charge in [-0.05, 0) is 32.0 Å². The average Bonchev–Trinajstić information content (AvgIpc) is 2.86. The Labute approximate surface area is 146 Å². The lowest BCUT2D eigenvalue weighted by atomic mass is 10.1. The number of amides is 1. The Kier molecular flexibility index (Phi) is 6.02. The molecule has 0 radical (unpaired) electrons. The third-order valence-electron chi connectivity index (χ3n) is 3.21. The number of ether oxygens (including phenoxy) is 2. The van der Waals surface area contributed by atoms with E-state index < -0.39 is 17.6 Å². The van der Waals surface area contributed by atoms with Gasteiger partial charge in [0.1, 0.15) is 17.2 Å². The number of carbonyl (C=O) groups is 1. The Morgan fingerprint density at radius 2 is 2.00 bits per heavy atom. The van der Waals surface area contributed by atoms with Gasteiger partial charge in [-0.25, -0.2) is 4.98 Å². The van der Waals surface area contributed by atoms with Gasteiger partial charge in [-0.2, -0.15) is 13.2 Å². The number of nitrogens with zero attached hydrogens (tertiary/aromatic N) is 1. The fourth-order valence-electron chi connectivity index (χ4n) is 2.09. The highest BCUT2D eigenvalue weighted by Crippen LogP contribution is 2.35. The van der Waals surface area contributed by atoms with Crippen LogP contribution >= 0.6 is 11.3 Å². The summed E-state index contributed by atoms with van der Waals surface area (Å²) in [6.45, 7) is 3.82. The Balaban J connectivity index is 2.31. The number of alkyl halides is 3. The van der Waals surface area contributed by atoms with Gasteiger partial charge < -0.3 is 14.8 Å². The predicted octanol–water partition coefficient (Wildman–Crippen LogP) is 4.06. The summed E-state index contributed by atoms with van der Waals surface area (Å²) in [6.07, 6.45) is -4.53. The van der Waals surface area contributed by atoms with Crippen LogP contribution in [0.4, 0.5) is 18.9 Å². The highest BCUT2D eigenvalue weighted by atomic mass is 32.1. The number of hydrogen-bond acceptors (Lipinski definition) is 5. The van der Waals surface area contributed by atoms with Crippen molar-refractivity contribution in [3.63, 3.8) is 0 Å². The third-order valence-corrected chi connectivity index (χ3v) is 4.28. The highest BCUT2D eigenvalue weighted by Gasteiger charge is 2.31. The molecule has 0 saturated heterocycles. The number of halogens is 3. The topological polar surface area (TPSA) is 60.5 Å². The maximum absolute atomic E-state index is 13.0. The van der Waals surface area contributed by atoms with Crippen LogP contribution in [0.2, 0.25) is 0 Å². The normalized spacial score (nSPS) is 11.4. The largest absolute Gasteiger partial charge is 0.489 e. The minimum absolute atomic E-state index is 0.0543. The molecule has 0 fully saturated rings. The van der Waals surface area contributed by atoms with Crippen molar-refractivity contribution in [3.8, 4) is 5.75 Å². The second kappa shape index (κ2) is 7.83. The van der Waals surface area contributed by atoms with Crippen LogP contribution < -0.4 is 10.1 Å². The first-order valence-corrected chi connectivity index (χ1v) is 8.12. The number of benzene rings is 1. The summed E-state index contributed by atoms with van der Waals surface area (Å²) in [4.78, 5) is 16.9. The van der Waals surface area contributed by atoms with E-state index in [1.807, 2.05) is 0 Å². The molecule has 2 aromatic rings. The SMILES string of the molecule is COCCOc1ccc(C(F)(F)F)cc1NC(=O)c1sc(C)nc1C. The van der Waals surface area contributed by atoms with Crippen molar-refractivity contribution in [1.29, 1.82) is 0 Å². The van der Waals surface area contributed by atoms with E-state index in [1.165, 1.54) is 24.5 Å². The smallest absolute Gasteiger partial charge is 0.416 e. The fraction of sp³-hybridized carbons (Fsp3) is 0.375. The number of nitrogens with one attached hydrogen (secondary N) is 1. The molecule has 0 aliphatic heterocycles. The number of aromatic nitrogens is 1. The van der Waals surface area contributed by atoms with Crippen molar-refractivity contribution in [3.05, 3.63) is 39.3 Å². The number of aryl methyl sites for hydroxylation is 2. The van der Waals surface area contributed by atoms with Crippen LogP contribution in [0.15, 0.2) is 18.2 Å². The van der Waals surface area contributed by atoms with E-state index >= 15 is 0 Å². The van der Waals surface area contributed by atoms with E-state index in [9.17, 15) is 18.0 Å².